The maximum Gasteiger partial charge on any atom is 0.182 e. The van der Waals surface area contributed by atoms with Crippen molar-refractivity contribution in [3.05, 3.63) is 46.1 Å². The van der Waals surface area contributed by atoms with E-state index in [4.69, 9.17) is 21.3 Å². The molecule has 0 saturated heterocycles. The molecule has 0 atom stereocenters. The van der Waals surface area contributed by atoms with Crippen LogP contribution in [0.1, 0.15) is 24.3 Å². The van der Waals surface area contributed by atoms with Crippen LogP contribution >= 0.6 is 22.9 Å². The second-order valence-corrected chi connectivity index (χ2v) is 8.39. The van der Waals surface area contributed by atoms with Crippen molar-refractivity contribution in [1.29, 1.82) is 0 Å². The Bertz CT molecular complexity index is 1130. The largest absolute Gasteiger partial charge is 0.370 e. The fourth-order valence-corrected chi connectivity index (χ4v) is 4.55. The predicted molar refractivity (Wildman–Crippen MR) is 99.2 cm³/mol. The molecule has 25 heavy (non-hydrogen) atoms. The van der Waals surface area contributed by atoms with E-state index in [-0.39, 0.29) is 5.60 Å². The van der Waals surface area contributed by atoms with Gasteiger partial charge in [0.15, 0.2) is 11.5 Å². The van der Waals surface area contributed by atoms with Crippen molar-refractivity contribution in [2.24, 2.45) is 0 Å². The van der Waals surface area contributed by atoms with Crippen molar-refractivity contribution in [3.8, 4) is 11.4 Å². The summed E-state index contributed by atoms with van der Waals surface area (Å²) in [6.45, 7) is 4.87. The van der Waals surface area contributed by atoms with Gasteiger partial charge in [-0.25, -0.2) is 14.5 Å². The van der Waals surface area contributed by atoms with Crippen molar-refractivity contribution >= 4 is 38.8 Å². The van der Waals surface area contributed by atoms with Crippen LogP contribution in [0.5, 0.6) is 0 Å². The molecule has 0 saturated carbocycles. The van der Waals surface area contributed by atoms with E-state index in [1.54, 1.807) is 22.2 Å². The molecule has 0 unspecified atom stereocenters. The van der Waals surface area contributed by atoms with Crippen LogP contribution in [0.25, 0.3) is 27.3 Å². The minimum absolute atomic E-state index is 0.177. The highest BCUT2D eigenvalue weighted by Crippen LogP contribution is 2.39. The number of halogens is 1. The molecule has 126 valence electrons. The van der Waals surface area contributed by atoms with Crippen molar-refractivity contribution in [1.82, 2.24) is 19.6 Å². The first-order chi connectivity index (χ1) is 12.0. The van der Waals surface area contributed by atoms with Crippen LogP contribution in [0.3, 0.4) is 0 Å². The Morgan fingerprint density at radius 1 is 1.32 bits per heavy atom. The summed E-state index contributed by atoms with van der Waals surface area (Å²) in [6.07, 6.45) is 2.58. The summed E-state index contributed by atoms with van der Waals surface area (Å²) in [6, 6.07) is 7.59. The van der Waals surface area contributed by atoms with Gasteiger partial charge in [-0.05, 0) is 31.5 Å². The zero-order chi connectivity index (χ0) is 17.2. The summed E-state index contributed by atoms with van der Waals surface area (Å²) >= 11 is 7.79. The van der Waals surface area contributed by atoms with E-state index in [0.717, 1.165) is 27.8 Å². The van der Waals surface area contributed by atoms with Gasteiger partial charge in [-0.15, -0.1) is 16.4 Å². The first-order valence-corrected chi connectivity index (χ1v) is 9.25. The SMILES string of the molecule is CC1(C)Cc2c(sc3ncn4nc(-c5cccc(Cl)c5)nc4c23)CO1. The lowest BCUT2D eigenvalue weighted by Gasteiger charge is -2.30. The second kappa shape index (κ2) is 5.24. The molecule has 0 amide bonds. The summed E-state index contributed by atoms with van der Waals surface area (Å²) in [5.74, 6) is 0.656. The first kappa shape index (κ1) is 15.3. The normalized spacial score (nSPS) is 16.4. The molecular weight excluding hydrogens is 356 g/mol. The average Bonchev–Trinajstić information content (AvgIpc) is 3.14. The van der Waals surface area contributed by atoms with Gasteiger partial charge < -0.3 is 4.74 Å². The Morgan fingerprint density at radius 3 is 3.04 bits per heavy atom. The minimum atomic E-state index is -0.177. The third kappa shape index (κ3) is 2.44. The summed E-state index contributed by atoms with van der Waals surface area (Å²) in [5, 5.41) is 6.37. The van der Waals surface area contributed by atoms with Crippen molar-refractivity contribution in [2.75, 3.05) is 0 Å². The topological polar surface area (TPSA) is 52.3 Å². The van der Waals surface area contributed by atoms with Crippen molar-refractivity contribution in [3.63, 3.8) is 0 Å². The Kier molecular flexibility index (Phi) is 3.20. The van der Waals surface area contributed by atoms with E-state index in [1.165, 1.54) is 10.4 Å². The zero-order valence-corrected chi connectivity index (χ0v) is 15.4. The zero-order valence-electron chi connectivity index (χ0n) is 13.8. The van der Waals surface area contributed by atoms with Gasteiger partial charge in [-0.3, -0.25) is 0 Å². The van der Waals surface area contributed by atoms with Crippen LogP contribution in [-0.4, -0.2) is 25.2 Å². The molecule has 3 aromatic heterocycles. The van der Waals surface area contributed by atoms with Gasteiger partial charge in [-0.2, -0.15) is 0 Å². The van der Waals surface area contributed by atoms with E-state index in [1.807, 2.05) is 24.3 Å². The number of ether oxygens (including phenoxy) is 1. The average molecular weight is 371 g/mol. The molecule has 1 aliphatic rings. The van der Waals surface area contributed by atoms with Crippen LogP contribution in [-0.2, 0) is 17.8 Å². The number of hydrogen-bond donors (Lipinski definition) is 0. The highest BCUT2D eigenvalue weighted by Gasteiger charge is 2.30. The summed E-state index contributed by atoms with van der Waals surface area (Å²) in [5.41, 5.74) is 2.86. The smallest absolute Gasteiger partial charge is 0.182 e. The third-order valence-electron chi connectivity index (χ3n) is 4.49. The molecule has 1 aromatic carbocycles. The van der Waals surface area contributed by atoms with Crippen LogP contribution in [0.15, 0.2) is 30.6 Å². The van der Waals surface area contributed by atoms with Gasteiger partial charge >= 0.3 is 0 Å². The van der Waals surface area contributed by atoms with E-state index in [2.05, 4.69) is 23.9 Å². The molecule has 4 aromatic rings. The maximum atomic E-state index is 6.11. The fraction of sp³-hybridized carbons (Fsp3) is 0.278. The van der Waals surface area contributed by atoms with Gasteiger partial charge in [0, 0.05) is 21.9 Å². The monoisotopic (exact) mass is 370 g/mol. The van der Waals surface area contributed by atoms with Gasteiger partial charge in [0.25, 0.3) is 0 Å². The number of hydrogen-bond acceptors (Lipinski definition) is 5. The molecule has 0 N–H and O–H groups in total. The number of rotatable bonds is 1. The van der Waals surface area contributed by atoms with Crippen LogP contribution in [0.4, 0.5) is 0 Å². The number of thiophene rings is 1. The van der Waals surface area contributed by atoms with Crippen LogP contribution < -0.4 is 0 Å². The Balaban J connectivity index is 1.77. The Hall–Kier alpha value is -2.02. The first-order valence-electron chi connectivity index (χ1n) is 8.06. The van der Waals surface area contributed by atoms with E-state index in [0.29, 0.717) is 17.5 Å². The molecule has 0 spiro atoms. The predicted octanol–water partition coefficient (Wildman–Crippen LogP) is 4.51. The fourth-order valence-electron chi connectivity index (χ4n) is 3.29. The van der Waals surface area contributed by atoms with E-state index >= 15 is 0 Å². The number of benzene rings is 1. The standard InChI is InChI=1S/C18H15ClN4OS/c1-18(2)7-12-13(8-24-18)25-17-14(12)16-21-15(22-23(16)9-20-17)10-4-3-5-11(19)6-10/h3-6,9H,7-8H2,1-2H3. The highest BCUT2D eigenvalue weighted by molar-refractivity contribution is 7.19. The summed E-state index contributed by atoms with van der Waals surface area (Å²) in [7, 11) is 0. The van der Waals surface area contributed by atoms with Gasteiger partial charge in [-0.1, -0.05) is 23.7 Å². The molecular formula is C18H15ClN4OS. The lowest BCUT2D eigenvalue weighted by molar-refractivity contribution is -0.0379. The minimum Gasteiger partial charge on any atom is -0.370 e. The van der Waals surface area contributed by atoms with Gasteiger partial charge in [0.2, 0.25) is 0 Å². The second-order valence-electron chi connectivity index (χ2n) is 6.87. The molecule has 0 aliphatic carbocycles. The number of nitrogens with zero attached hydrogens (tertiary/aromatic N) is 4. The molecule has 4 heterocycles. The number of fused-ring (bicyclic) bond motifs is 5. The highest BCUT2D eigenvalue weighted by atomic mass is 35.5. The van der Waals surface area contributed by atoms with Gasteiger partial charge in [0.05, 0.1) is 17.6 Å². The molecule has 5 rings (SSSR count). The lowest BCUT2D eigenvalue weighted by Crippen LogP contribution is -2.31. The molecule has 7 heteroatoms. The van der Waals surface area contributed by atoms with Gasteiger partial charge in [0.1, 0.15) is 11.2 Å². The lowest BCUT2D eigenvalue weighted by atomic mass is 9.94. The van der Waals surface area contributed by atoms with E-state index < -0.39 is 0 Å². The maximum absolute atomic E-state index is 6.11. The molecule has 0 bridgehead atoms. The Morgan fingerprint density at radius 2 is 2.20 bits per heavy atom. The molecule has 0 fully saturated rings. The third-order valence-corrected chi connectivity index (χ3v) is 5.84. The van der Waals surface area contributed by atoms with Crippen LogP contribution in [0.2, 0.25) is 5.02 Å². The van der Waals surface area contributed by atoms with Crippen molar-refractivity contribution < 1.29 is 4.74 Å². The van der Waals surface area contributed by atoms with E-state index in [9.17, 15) is 0 Å². The molecule has 1 aliphatic heterocycles. The molecule has 0 radical (unpaired) electrons. The number of aromatic nitrogens is 4. The summed E-state index contributed by atoms with van der Waals surface area (Å²) < 4.78 is 7.70. The molecule has 5 nitrogen and oxygen atoms in total. The van der Waals surface area contributed by atoms with Crippen LogP contribution in [0, 0.1) is 0 Å². The van der Waals surface area contributed by atoms with Crippen molar-refractivity contribution in [2.45, 2.75) is 32.5 Å². The summed E-state index contributed by atoms with van der Waals surface area (Å²) in [4.78, 5) is 11.6. The Labute approximate surface area is 153 Å². The quantitative estimate of drug-likeness (QED) is 0.494.